The van der Waals surface area contributed by atoms with Crippen LogP contribution < -0.4 is 4.74 Å². The van der Waals surface area contributed by atoms with Crippen LogP contribution >= 0.6 is 0 Å². The van der Waals surface area contributed by atoms with E-state index in [0.717, 1.165) is 6.07 Å². The van der Waals surface area contributed by atoms with Crippen molar-refractivity contribution in [3.8, 4) is 11.5 Å². The lowest BCUT2D eigenvalue weighted by Gasteiger charge is -2.11. The molecule has 0 heterocycles. The van der Waals surface area contributed by atoms with E-state index in [4.69, 9.17) is 4.74 Å². The van der Waals surface area contributed by atoms with Crippen LogP contribution in [0.4, 0.5) is 10.1 Å². The number of Topliss-reactive ketones (excluding diaryl/α,β-unsaturated/α-hetero) is 1. The summed E-state index contributed by atoms with van der Waals surface area (Å²) in [5, 5.41) is 10.8. The summed E-state index contributed by atoms with van der Waals surface area (Å²) in [4.78, 5) is 21.7. The molecule has 0 radical (unpaired) electrons. The SMILES string of the molecule is CC(=O)c1c(F)cccc1Oc1cc([N+](=O)[O-])ccc1C. The average Bonchev–Trinajstić information content (AvgIpc) is 2.40. The van der Waals surface area contributed by atoms with Crippen molar-refractivity contribution in [2.24, 2.45) is 0 Å². The van der Waals surface area contributed by atoms with E-state index in [1.54, 1.807) is 6.92 Å². The third-order valence-corrected chi connectivity index (χ3v) is 2.93. The Morgan fingerprint density at radius 2 is 1.95 bits per heavy atom. The molecule has 0 saturated carbocycles. The molecule has 5 nitrogen and oxygen atoms in total. The maximum Gasteiger partial charge on any atom is 0.273 e. The summed E-state index contributed by atoms with van der Waals surface area (Å²) >= 11 is 0. The molecule has 21 heavy (non-hydrogen) atoms. The molecule has 0 saturated heterocycles. The largest absolute Gasteiger partial charge is 0.456 e. The number of ketones is 1. The number of nitrogens with zero attached hydrogens (tertiary/aromatic N) is 1. The lowest BCUT2D eigenvalue weighted by Crippen LogP contribution is -2.01. The van der Waals surface area contributed by atoms with E-state index in [1.807, 2.05) is 0 Å². The van der Waals surface area contributed by atoms with Gasteiger partial charge in [-0.15, -0.1) is 0 Å². The standard InChI is InChI=1S/C15H12FNO4/c1-9-6-7-11(17(19)20)8-14(9)21-13-5-3-4-12(16)15(13)10(2)18/h3-8H,1-2H3. The molecule has 2 aromatic rings. The predicted molar refractivity (Wildman–Crippen MR) is 74.3 cm³/mol. The van der Waals surface area contributed by atoms with Crippen LogP contribution in [-0.4, -0.2) is 10.7 Å². The number of nitro benzene ring substituents is 1. The van der Waals surface area contributed by atoms with Gasteiger partial charge in [0.1, 0.15) is 17.3 Å². The lowest BCUT2D eigenvalue weighted by atomic mass is 10.1. The summed E-state index contributed by atoms with van der Waals surface area (Å²) in [6.45, 7) is 2.93. The molecular formula is C15H12FNO4. The Hall–Kier alpha value is -2.76. The predicted octanol–water partition coefficient (Wildman–Crippen LogP) is 4.04. The molecule has 6 heteroatoms. The maximum atomic E-state index is 13.7. The summed E-state index contributed by atoms with van der Waals surface area (Å²) in [5.41, 5.74) is 0.319. The van der Waals surface area contributed by atoms with Crippen molar-refractivity contribution in [3.63, 3.8) is 0 Å². The Bertz CT molecular complexity index is 728. The number of aryl methyl sites for hydroxylation is 1. The molecule has 0 amide bonds. The van der Waals surface area contributed by atoms with Crippen molar-refractivity contribution in [1.82, 2.24) is 0 Å². The number of halogens is 1. The van der Waals surface area contributed by atoms with Crippen LogP contribution in [0.2, 0.25) is 0 Å². The Balaban J connectivity index is 2.48. The molecule has 2 rings (SSSR count). The molecule has 0 aromatic heterocycles. The molecule has 0 unspecified atom stereocenters. The first-order valence-electron chi connectivity index (χ1n) is 6.12. The van der Waals surface area contributed by atoms with Crippen molar-refractivity contribution in [2.75, 3.05) is 0 Å². The molecular weight excluding hydrogens is 277 g/mol. The second kappa shape index (κ2) is 5.70. The number of hydrogen-bond donors (Lipinski definition) is 0. The quantitative estimate of drug-likeness (QED) is 0.484. The number of ether oxygens (including phenoxy) is 1. The number of carbonyl (C=O) groups is 1. The van der Waals surface area contributed by atoms with Crippen molar-refractivity contribution in [1.29, 1.82) is 0 Å². The van der Waals surface area contributed by atoms with Gasteiger partial charge in [-0.05, 0) is 37.6 Å². The fraction of sp³-hybridized carbons (Fsp3) is 0.133. The Labute approximate surface area is 120 Å². The van der Waals surface area contributed by atoms with Crippen molar-refractivity contribution >= 4 is 11.5 Å². The highest BCUT2D eigenvalue weighted by Crippen LogP contribution is 2.32. The van der Waals surface area contributed by atoms with E-state index in [0.29, 0.717) is 5.56 Å². The monoisotopic (exact) mass is 289 g/mol. The molecule has 108 valence electrons. The molecule has 0 aliphatic heterocycles. The van der Waals surface area contributed by atoms with Gasteiger partial charge in [-0.1, -0.05) is 6.07 Å². The topological polar surface area (TPSA) is 69.4 Å². The third kappa shape index (κ3) is 3.05. The number of carbonyl (C=O) groups excluding carboxylic acids is 1. The van der Waals surface area contributed by atoms with Crippen molar-refractivity contribution in [3.05, 3.63) is 63.5 Å². The Kier molecular flexibility index (Phi) is 3.98. The van der Waals surface area contributed by atoms with Crippen LogP contribution in [-0.2, 0) is 0 Å². The third-order valence-electron chi connectivity index (χ3n) is 2.93. The van der Waals surface area contributed by atoms with Crippen LogP contribution in [0.5, 0.6) is 11.5 Å². The average molecular weight is 289 g/mol. The lowest BCUT2D eigenvalue weighted by molar-refractivity contribution is -0.384. The van der Waals surface area contributed by atoms with Gasteiger partial charge < -0.3 is 4.74 Å². The zero-order chi connectivity index (χ0) is 15.6. The highest BCUT2D eigenvalue weighted by atomic mass is 19.1. The fourth-order valence-electron chi connectivity index (χ4n) is 1.86. The van der Waals surface area contributed by atoms with Crippen molar-refractivity contribution < 1.29 is 18.8 Å². The molecule has 0 fully saturated rings. The minimum atomic E-state index is -0.692. The number of rotatable bonds is 4. The van der Waals surface area contributed by atoms with E-state index >= 15 is 0 Å². The first-order valence-corrected chi connectivity index (χ1v) is 6.12. The van der Waals surface area contributed by atoms with Gasteiger partial charge >= 0.3 is 0 Å². The normalized spacial score (nSPS) is 10.2. The molecule has 0 bridgehead atoms. The summed E-state index contributed by atoms with van der Waals surface area (Å²) < 4.78 is 19.2. The highest BCUT2D eigenvalue weighted by Gasteiger charge is 2.17. The maximum absolute atomic E-state index is 13.7. The summed E-state index contributed by atoms with van der Waals surface area (Å²) in [6.07, 6.45) is 0. The van der Waals surface area contributed by atoms with Crippen LogP contribution in [0.15, 0.2) is 36.4 Å². The first-order chi connectivity index (χ1) is 9.90. The number of benzene rings is 2. The molecule has 0 atom stereocenters. The van der Waals surface area contributed by atoms with Crippen LogP contribution in [0.1, 0.15) is 22.8 Å². The van der Waals surface area contributed by atoms with Gasteiger partial charge in [-0.2, -0.15) is 0 Å². The fourth-order valence-corrected chi connectivity index (χ4v) is 1.86. The van der Waals surface area contributed by atoms with E-state index < -0.39 is 16.5 Å². The minimum Gasteiger partial charge on any atom is -0.456 e. The number of non-ortho nitro benzene ring substituents is 1. The van der Waals surface area contributed by atoms with Crippen LogP contribution in [0.25, 0.3) is 0 Å². The highest BCUT2D eigenvalue weighted by molar-refractivity contribution is 5.97. The Morgan fingerprint density at radius 3 is 2.57 bits per heavy atom. The van der Waals surface area contributed by atoms with Gasteiger partial charge in [0.2, 0.25) is 0 Å². The van der Waals surface area contributed by atoms with Gasteiger partial charge in [0, 0.05) is 6.07 Å². The van der Waals surface area contributed by atoms with Crippen molar-refractivity contribution in [2.45, 2.75) is 13.8 Å². The molecule has 2 aromatic carbocycles. The summed E-state index contributed by atoms with van der Waals surface area (Å²) in [5.74, 6) is -0.933. The zero-order valence-electron chi connectivity index (χ0n) is 11.4. The molecule has 0 N–H and O–H groups in total. The number of hydrogen-bond acceptors (Lipinski definition) is 4. The van der Waals surface area contributed by atoms with Crippen LogP contribution in [0.3, 0.4) is 0 Å². The first kappa shape index (κ1) is 14.6. The zero-order valence-corrected chi connectivity index (χ0v) is 11.4. The van der Waals surface area contributed by atoms with E-state index in [9.17, 15) is 19.3 Å². The minimum absolute atomic E-state index is 0.0334. The van der Waals surface area contributed by atoms with Gasteiger partial charge in [0.05, 0.1) is 16.6 Å². The van der Waals surface area contributed by atoms with E-state index in [2.05, 4.69) is 0 Å². The Morgan fingerprint density at radius 1 is 1.24 bits per heavy atom. The summed E-state index contributed by atoms with van der Waals surface area (Å²) in [7, 11) is 0. The smallest absolute Gasteiger partial charge is 0.273 e. The van der Waals surface area contributed by atoms with Gasteiger partial charge in [-0.3, -0.25) is 14.9 Å². The molecule has 0 aliphatic rings. The second-order valence-corrected chi connectivity index (χ2v) is 4.48. The second-order valence-electron chi connectivity index (χ2n) is 4.48. The van der Waals surface area contributed by atoms with Gasteiger partial charge in [0.15, 0.2) is 5.78 Å². The number of nitro groups is 1. The van der Waals surface area contributed by atoms with Crippen LogP contribution in [0, 0.1) is 22.9 Å². The van der Waals surface area contributed by atoms with Gasteiger partial charge in [0.25, 0.3) is 5.69 Å². The molecule has 0 spiro atoms. The van der Waals surface area contributed by atoms with E-state index in [-0.39, 0.29) is 22.7 Å². The van der Waals surface area contributed by atoms with Gasteiger partial charge in [-0.25, -0.2) is 4.39 Å². The molecule has 0 aliphatic carbocycles. The van der Waals surface area contributed by atoms with E-state index in [1.165, 1.54) is 37.3 Å². The summed E-state index contributed by atoms with van der Waals surface area (Å²) in [6, 6.07) is 8.12.